The van der Waals surface area contributed by atoms with E-state index in [2.05, 4.69) is 5.32 Å². The summed E-state index contributed by atoms with van der Waals surface area (Å²) in [6.45, 7) is 3.73. The Morgan fingerprint density at radius 2 is 2.16 bits per heavy atom. The Kier molecular flexibility index (Phi) is 8.00. The van der Waals surface area contributed by atoms with Crippen molar-refractivity contribution in [2.45, 2.75) is 38.7 Å². The van der Waals surface area contributed by atoms with Gasteiger partial charge in [0, 0.05) is 49.6 Å². The Hall–Kier alpha value is -1.30. The zero-order valence-corrected chi connectivity index (χ0v) is 15.9. The van der Waals surface area contributed by atoms with E-state index in [0.717, 1.165) is 25.0 Å². The number of nitrogens with one attached hydrogen (secondary N) is 1. The van der Waals surface area contributed by atoms with Crippen molar-refractivity contribution in [3.63, 3.8) is 0 Å². The minimum Gasteiger partial charge on any atom is -0.376 e. The van der Waals surface area contributed by atoms with E-state index in [4.69, 9.17) is 27.9 Å². The summed E-state index contributed by atoms with van der Waals surface area (Å²) in [6, 6.07) is 5.33. The molecule has 1 aromatic rings. The Morgan fingerprint density at radius 1 is 1.36 bits per heavy atom. The van der Waals surface area contributed by atoms with E-state index >= 15 is 0 Å². The number of halogens is 2. The molecule has 0 aliphatic carbocycles. The highest BCUT2D eigenvalue weighted by Crippen LogP contribution is 2.21. The molecule has 0 radical (unpaired) electrons. The van der Waals surface area contributed by atoms with Gasteiger partial charge in [-0.2, -0.15) is 0 Å². The first-order chi connectivity index (χ1) is 12.0. The van der Waals surface area contributed by atoms with Crippen molar-refractivity contribution in [3.8, 4) is 0 Å². The Balaban J connectivity index is 1.70. The van der Waals surface area contributed by atoms with Crippen LogP contribution in [0.15, 0.2) is 18.2 Å². The lowest BCUT2D eigenvalue weighted by atomic mass is 10.1. The van der Waals surface area contributed by atoms with Crippen LogP contribution in [0.25, 0.3) is 0 Å². The predicted octanol–water partition coefficient (Wildman–Crippen LogP) is 3.07. The van der Waals surface area contributed by atoms with Crippen molar-refractivity contribution in [1.29, 1.82) is 0 Å². The Bertz CT molecular complexity index is 604. The van der Waals surface area contributed by atoms with E-state index in [1.807, 2.05) is 6.07 Å². The van der Waals surface area contributed by atoms with E-state index in [1.54, 1.807) is 17.0 Å². The minimum absolute atomic E-state index is 0.0313. The van der Waals surface area contributed by atoms with E-state index in [-0.39, 0.29) is 24.3 Å². The van der Waals surface area contributed by atoms with Gasteiger partial charge in [-0.15, -0.1) is 0 Å². The van der Waals surface area contributed by atoms with Crippen LogP contribution >= 0.6 is 23.2 Å². The molecule has 1 fully saturated rings. The van der Waals surface area contributed by atoms with Crippen LogP contribution in [0.1, 0.15) is 31.7 Å². The maximum atomic E-state index is 12.0. The van der Waals surface area contributed by atoms with Crippen molar-refractivity contribution < 1.29 is 14.3 Å². The molecule has 1 aliphatic heterocycles. The fraction of sp³-hybridized carbons (Fsp3) is 0.556. The number of carbonyl (C=O) groups excluding carboxylic acids is 2. The lowest BCUT2D eigenvalue weighted by Crippen LogP contribution is -2.38. The molecule has 1 unspecified atom stereocenters. The van der Waals surface area contributed by atoms with Crippen LogP contribution in [-0.4, -0.2) is 49.1 Å². The Morgan fingerprint density at radius 3 is 2.80 bits per heavy atom. The molecular formula is C18H24Cl2N2O3. The molecule has 2 amide bonds. The molecule has 138 valence electrons. The molecule has 1 saturated heterocycles. The van der Waals surface area contributed by atoms with Crippen LogP contribution in [0.3, 0.4) is 0 Å². The summed E-state index contributed by atoms with van der Waals surface area (Å²) in [7, 11) is 0. The predicted molar refractivity (Wildman–Crippen MR) is 99.0 cm³/mol. The molecule has 0 saturated carbocycles. The molecule has 5 nitrogen and oxygen atoms in total. The summed E-state index contributed by atoms with van der Waals surface area (Å²) in [6.07, 6.45) is 3.01. The lowest BCUT2D eigenvalue weighted by molar-refractivity contribution is -0.131. The molecular weight excluding hydrogens is 363 g/mol. The molecule has 2 rings (SSSR count). The first kappa shape index (κ1) is 20.0. The molecule has 0 aromatic heterocycles. The number of rotatable bonds is 8. The molecule has 7 heteroatoms. The monoisotopic (exact) mass is 386 g/mol. The standard InChI is InChI=1S/C18H24Cl2N2O3/c1-13(23)22(12-16-3-2-10-25-16)9-7-18(24)21-8-6-14-4-5-15(19)11-17(14)20/h4-5,11,16H,2-3,6-10,12H2,1H3,(H,21,24). The van der Waals surface area contributed by atoms with Crippen molar-refractivity contribution in [1.82, 2.24) is 10.2 Å². The van der Waals surface area contributed by atoms with Crippen molar-refractivity contribution in [2.75, 3.05) is 26.2 Å². The minimum atomic E-state index is -0.0799. The molecule has 0 spiro atoms. The zero-order valence-electron chi connectivity index (χ0n) is 14.4. The fourth-order valence-corrected chi connectivity index (χ4v) is 3.30. The summed E-state index contributed by atoms with van der Waals surface area (Å²) >= 11 is 12.0. The van der Waals surface area contributed by atoms with Crippen molar-refractivity contribution in [2.24, 2.45) is 0 Å². The number of benzene rings is 1. The van der Waals surface area contributed by atoms with Crippen LogP contribution in [-0.2, 0) is 20.7 Å². The maximum absolute atomic E-state index is 12.0. The second-order valence-electron chi connectivity index (χ2n) is 6.19. The van der Waals surface area contributed by atoms with Crippen molar-refractivity contribution in [3.05, 3.63) is 33.8 Å². The number of ether oxygens (including phenoxy) is 1. The van der Waals surface area contributed by atoms with Gasteiger partial charge in [-0.1, -0.05) is 29.3 Å². The van der Waals surface area contributed by atoms with Gasteiger partial charge in [0.1, 0.15) is 0 Å². The van der Waals surface area contributed by atoms with E-state index in [9.17, 15) is 9.59 Å². The van der Waals surface area contributed by atoms with Gasteiger partial charge in [0.05, 0.1) is 6.10 Å². The molecule has 1 aliphatic rings. The van der Waals surface area contributed by atoms with Crippen LogP contribution in [0.5, 0.6) is 0 Å². The number of hydrogen-bond donors (Lipinski definition) is 1. The van der Waals surface area contributed by atoms with Gasteiger partial charge < -0.3 is 15.0 Å². The first-order valence-electron chi connectivity index (χ1n) is 8.53. The average Bonchev–Trinajstić information content (AvgIpc) is 3.06. The summed E-state index contributed by atoms with van der Waals surface area (Å²) in [5.41, 5.74) is 0.940. The van der Waals surface area contributed by atoms with Gasteiger partial charge in [0.15, 0.2) is 0 Å². The van der Waals surface area contributed by atoms with Crippen LogP contribution in [0, 0.1) is 0 Å². The van der Waals surface area contributed by atoms with Gasteiger partial charge in [-0.05, 0) is 37.0 Å². The average molecular weight is 387 g/mol. The normalized spacial score (nSPS) is 16.7. The summed E-state index contributed by atoms with van der Waals surface area (Å²) in [5.74, 6) is -0.111. The summed E-state index contributed by atoms with van der Waals surface area (Å²) in [5, 5.41) is 4.05. The van der Waals surface area contributed by atoms with Gasteiger partial charge in [-0.25, -0.2) is 0 Å². The highest BCUT2D eigenvalue weighted by molar-refractivity contribution is 6.35. The smallest absolute Gasteiger partial charge is 0.221 e. The third kappa shape index (κ3) is 6.84. The van der Waals surface area contributed by atoms with Gasteiger partial charge >= 0.3 is 0 Å². The fourth-order valence-electron chi connectivity index (χ4n) is 2.80. The molecule has 1 N–H and O–H groups in total. The molecule has 25 heavy (non-hydrogen) atoms. The van der Waals surface area contributed by atoms with E-state index < -0.39 is 0 Å². The second kappa shape index (κ2) is 10.00. The van der Waals surface area contributed by atoms with Gasteiger partial charge in [0.2, 0.25) is 11.8 Å². The first-order valence-corrected chi connectivity index (χ1v) is 9.29. The zero-order chi connectivity index (χ0) is 18.2. The lowest BCUT2D eigenvalue weighted by Gasteiger charge is -2.23. The van der Waals surface area contributed by atoms with Gasteiger partial charge in [0.25, 0.3) is 0 Å². The highest BCUT2D eigenvalue weighted by Gasteiger charge is 2.21. The SMILES string of the molecule is CC(=O)N(CCC(=O)NCCc1ccc(Cl)cc1Cl)CC1CCCO1. The van der Waals surface area contributed by atoms with E-state index in [0.29, 0.717) is 36.1 Å². The third-order valence-corrected chi connectivity index (χ3v) is 4.82. The van der Waals surface area contributed by atoms with Crippen molar-refractivity contribution >= 4 is 35.0 Å². The number of hydrogen-bond acceptors (Lipinski definition) is 3. The third-order valence-electron chi connectivity index (χ3n) is 4.23. The largest absolute Gasteiger partial charge is 0.376 e. The quantitative estimate of drug-likeness (QED) is 0.746. The second-order valence-corrected chi connectivity index (χ2v) is 7.03. The topological polar surface area (TPSA) is 58.6 Å². The van der Waals surface area contributed by atoms with Crippen LogP contribution in [0.2, 0.25) is 10.0 Å². The summed E-state index contributed by atoms with van der Waals surface area (Å²) in [4.78, 5) is 25.4. The summed E-state index contributed by atoms with van der Waals surface area (Å²) < 4.78 is 5.56. The van der Waals surface area contributed by atoms with Gasteiger partial charge in [-0.3, -0.25) is 9.59 Å². The van der Waals surface area contributed by atoms with Crippen LogP contribution < -0.4 is 5.32 Å². The number of carbonyl (C=O) groups is 2. The van der Waals surface area contributed by atoms with Crippen LogP contribution in [0.4, 0.5) is 0 Å². The highest BCUT2D eigenvalue weighted by atomic mass is 35.5. The molecule has 1 aromatic carbocycles. The number of amides is 2. The maximum Gasteiger partial charge on any atom is 0.221 e. The molecule has 1 heterocycles. The Labute approximate surface area is 158 Å². The molecule has 1 atom stereocenters. The van der Waals surface area contributed by atoms with E-state index in [1.165, 1.54) is 6.92 Å². The molecule has 0 bridgehead atoms. The number of nitrogens with zero attached hydrogens (tertiary/aromatic N) is 1.